The molecule has 3 aromatic rings. The summed E-state index contributed by atoms with van der Waals surface area (Å²) >= 11 is 0. The first-order valence-electron chi connectivity index (χ1n) is 6.32. The molecule has 0 aliphatic carbocycles. The lowest BCUT2D eigenvalue weighted by Crippen LogP contribution is -2.04. The first-order valence-corrected chi connectivity index (χ1v) is 6.32. The van der Waals surface area contributed by atoms with E-state index in [4.69, 9.17) is 5.26 Å². The van der Waals surface area contributed by atoms with E-state index in [1.807, 2.05) is 6.07 Å². The monoisotopic (exact) mass is 302 g/mol. The second-order valence-corrected chi connectivity index (χ2v) is 4.77. The lowest BCUT2D eigenvalue weighted by molar-refractivity contribution is -0.137. The van der Waals surface area contributed by atoms with Gasteiger partial charge in [-0.1, -0.05) is 12.1 Å². The van der Waals surface area contributed by atoms with Gasteiger partial charge in [0.2, 0.25) is 0 Å². The van der Waals surface area contributed by atoms with Gasteiger partial charge in [0.15, 0.2) is 11.3 Å². The van der Waals surface area contributed by atoms with Gasteiger partial charge in [0, 0.05) is 18.0 Å². The van der Waals surface area contributed by atoms with Gasteiger partial charge in [-0.05, 0) is 19.1 Å². The Morgan fingerprint density at radius 1 is 1.09 bits per heavy atom. The summed E-state index contributed by atoms with van der Waals surface area (Å²) in [6.45, 7) is 1.79. The molecule has 0 aliphatic rings. The van der Waals surface area contributed by atoms with Crippen molar-refractivity contribution >= 4 is 5.65 Å². The number of nitriles is 1. The summed E-state index contributed by atoms with van der Waals surface area (Å²) in [4.78, 5) is 8.47. The molecular weight excluding hydrogens is 293 g/mol. The number of hydrogen-bond donors (Lipinski definition) is 0. The molecule has 0 N–H and O–H groups in total. The minimum atomic E-state index is -4.39. The van der Waals surface area contributed by atoms with Crippen molar-refractivity contribution in [1.82, 2.24) is 14.4 Å². The number of rotatable bonds is 1. The highest BCUT2D eigenvalue weighted by atomic mass is 19.4. The molecule has 4 nitrogen and oxygen atoms in total. The molecule has 0 spiro atoms. The topological polar surface area (TPSA) is 54.0 Å². The van der Waals surface area contributed by atoms with E-state index in [1.54, 1.807) is 17.5 Å². The average molecular weight is 302 g/mol. The van der Waals surface area contributed by atoms with Crippen LogP contribution in [0.1, 0.15) is 17.0 Å². The van der Waals surface area contributed by atoms with Gasteiger partial charge < -0.3 is 4.40 Å². The van der Waals surface area contributed by atoms with Crippen LogP contribution in [0.25, 0.3) is 16.9 Å². The van der Waals surface area contributed by atoms with Crippen molar-refractivity contribution < 1.29 is 13.2 Å². The van der Waals surface area contributed by atoms with Crippen molar-refractivity contribution in [2.75, 3.05) is 0 Å². The van der Waals surface area contributed by atoms with E-state index in [0.717, 1.165) is 17.8 Å². The Kier molecular flexibility index (Phi) is 3.10. The average Bonchev–Trinajstić information content (AvgIpc) is 2.85. The second kappa shape index (κ2) is 4.84. The molecule has 0 aliphatic heterocycles. The van der Waals surface area contributed by atoms with Crippen LogP contribution in [-0.2, 0) is 6.18 Å². The molecule has 110 valence electrons. The standard InChI is InChI=1S/C15H9F3N4/c1-9-7-22-8-12(6-19)21-13(14(22)20-9)10-2-4-11(5-3-10)15(16,17)18/h2-5,7-8H,1H3. The van der Waals surface area contributed by atoms with E-state index in [0.29, 0.717) is 16.9 Å². The maximum Gasteiger partial charge on any atom is 0.416 e. The fourth-order valence-corrected chi connectivity index (χ4v) is 2.19. The molecule has 0 saturated heterocycles. The number of fused-ring (bicyclic) bond motifs is 1. The molecule has 22 heavy (non-hydrogen) atoms. The van der Waals surface area contributed by atoms with Crippen LogP contribution >= 0.6 is 0 Å². The lowest BCUT2D eigenvalue weighted by atomic mass is 10.1. The first kappa shape index (κ1) is 14.1. The van der Waals surface area contributed by atoms with Crippen LogP contribution in [-0.4, -0.2) is 14.4 Å². The second-order valence-electron chi connectivity index (χ2n) is 4.77. The SMILES string of the molecule is Cc1cn2cc(C#N)nc(-c3ccc(C(F)(F)F)cc3)c2n1. The van der Waals surface area contributed by atoms with E-state index >= 15 is 0 Å². The number of aryl methyl sites for hydroxylation is 1. The summed E-state index contributed by atoms with van der Waals surface area (Å²) < 4.78 is 39.5. The molecule has 1 aromatic carbocycles. The Balaban J connectivity index is 2.19. The van der Waals surface area contributed by atoms with Gasteiger partial charge in [-0.25, -0.2) is 9.97 Å². The normalized spacial score (nSPS) is 11.6. The van der Waals surface area contributed by atoms with Crippen LogP contribution in [0.3, 0.4) is 0 Å². The number of alkyl halides is 3. The molecule has 0 bridgehead atoms. The smallest absolute Gasteiger partial charge is 0.302 e. The van der Waals surface area contributed by atoms with Crippen molar-refractivity contribution in [1.29, 1.82) is 5.26 Å². The van der Waals surface area contributed by atoms with Crippen molar-refractivity contribution in [3.8, 4) is 17.3 Å². The van der Waals surface area contributed by atoms with Gasteiger partial charge in [0.1, 0.15) is 11.8 Å². The molecule has 0 atom stereocenters. The Morgan fingerprint density at radius 3 is 2.36 bits per heavy atom. The fourth-order valence-electron chi connectivity index (χ4n) is 2.19. The van der Waals surface area contributed by atoms with Crippen molar-refractivity contribution in [3.63, 3.8) is 0 Å². The molecule has 0 unspecified atom stereocenters. The summed E-state index contributed by atoms with van der Waals surface area (Å²) in [5.74, 6) is 0. The summed E-state index contributed by atoms with van der Waals surface area (Å²) in [5.41, 5.74) is 1.51. The molecule has 2 aromatic heterocycles. The first-order chi connectivity index (χ1) is 10.4. The van der Waals surface area contributed by atoms with Crippen LogP contribution in [0.5, 0.6) is 0 Å². The predicted octanol–water partition coefficient (Wildman–Crippen LogP) is 3.60. The van der Waals surface area contributed by atoms with Crippen molar-refractivity contribution in [2.24, 2.45) is 0 Å². The van der Waals surface area contributed by atoms with Gasteiger partial charge in [0.25, 0.3) is 0 Å². The summed E-state index contributed by atoms with van der Waals surface area (Å²) in [6, 6.07) is 6.57. The Hall–Kier alpha value is -2.88. The van der Waals surface area contributed by atoms with Crippen LogP contribution < -0.4 is 0 Å². The third kappa shape index (κ3) is 2.39. The highest BCUT2D eigenvalue weighted by molar-refractivity contribution is 5.74. The zero-order valence-corrected chi connectivity index (χ0v) is 11.4. The zero-order chi connectivity index (χ0) is 15.9. The minimum Gasteiger partial charge on any atom is -0.302 e. The van der Waals surface area contributed by atoms with E-state index in [-0.39, 0.29) is 5.69 Å². The Labute approximate surface area is 123 Å². The number of hydrogen-bond acceptors (Lipinski definition) is 3. The molecular formula is C15H9F3N4. The summed E-state index contributed by atoms with van der Waals surface area (Å²) in [6.07, 6.45) is -1.13. The number of nitrogens with zero attached hydrogens (tertiary/aromatic N) is 4. The maximum atomic E-state index is 12.6. The fraction of sp³-hybridized carbons (Fsp3) is 0.133. The molecule has 0 saturated carbocycles. The minimum absolute atomic E-state index is 0.166. The Bertz CT molecular complexity index is 886. The summed E-state index contributed by atoms with van der Waals surface area (Å²) in [5, 5.41) is 9.03. The largest absolute Gasteiger partial charge is 0.416 e. The number of halogens is 3. The van der Waals surface area contributed by atoms with Gasteiger partial charge in [0.05, 0.1) is 11.3 Å². The third-order valence-electron chi connectivity index (χ3n) is 3.16. The number of imidazole rings is 1. The summed E-state index contributed by atoms with van der Waals surface area (Å²) in [7, 11) is 0. The van der Waals surface area contributed by atoms with E-state index in [9.17, 15) is 13.2 Å². The van der Waals surface area contributed by atoms with Gasteiger partial charge in [-0.15, -0.1) is 0 Å². The van der Waals surface area contributed by atoms with E-state index < -0.39 is 11.7 Å². The quantitative estimate of drug-likeness (QED) is 0.690. The predicted molar refractivity (Wildman–Crippen MR) is 72.9 cm³/mol. The maximum absolute atomic E-state index is 12.6. The highest BCUT2D eigenvalue weighted by Crippen LogP contribution is 2.31. The lowest BCUT2D eigenvalue weighted by Gasteiger charge is -2.08. The van der Waals surface area contributed by atoms with Crippen LogP contribution in [0.4, 0.5) is 13.2 Å². The van der Waals surface area contributed by atoms with Crippen molar-refractivity contribution in [2.45, 2.75) is 13.1 Å². The van der Waals surface area contributed by atoms with Gasteiger partial charge in [-0.2, -0.15) is 18.4 Å². The van der Waals surface area contributed by atoms with E-state index in [2.05, 4.69) is 9.97 Å². The molecule has 0 radical (unpaired) electrons. The molecule has 3 rings (SSSR count). The van der Waals surface area contributed by atoms with Crippen molar-refractivity contribution in [3.05, 3.63) is 53.6 Å². The van der Waals surface area contributed by atoms with Crippen LogP contribution in [0.2, 0.25) is 0 Å². The molecule has 0 fully saturated rings. The van der Waals surface area contributed by atoms with Gasteiger partial charge >= 0.3 is 6.18 Å². The van der Waals surface area contributed by atoms with Crippen LogP contribution in [0.15, 0.2) is 36.7 Å². The third-order valence-corrected chi connectivity index (χ3v) is 3.16. The Morgan fingerprint density at radius 2 is 1.77 bits per heavy atom. The molecule has 2 heterocycles. The zero-order valence-electron chi connectivity index (χ0n) is 11.4. The number of aromatic nitrogens is 3. The molecule has 0 amide bonds. The number of benzene rings is 1. The molecule has 7 heteroatoms. The highest BCUT2D eigenvalue weighted by Gasteiger charge is 2.30. The van der Waals surface area contributed by atoms with Gasteiger partial charge in [-0.3, -0.25) is 0 Å². The van der Waals surface area contributed by atoms with E-state index in [1.165, 1.54) is 18.3 Å². The van der Waals surface area contributed by atoms with Crippen LogP contribution in [0, 0.1) is 18.3 Å².